The average molecular weight is 628 g/mol. The van der Waals surface area contributed by atoms with Crippen LogP contribution in [-0.2, 0) is 20.9 Å². The quantitative estimate of drug-likeness (QED) is 0.163. The van der Waals surface area contributed by atoms with E-state index in [1.165, 1.54) is 62.1 Å². The Morgan fingerprint density at radius 3 is 2.21 bits per heavy atom. The fourth-order valence-electron chi connectivity index (χ4n) is 4.10. The standard InChI is InChI=1S/C29H21ClF3N5O4S/c1-41-18-38(28-3-2-13-35-37-28)43(39,40)23-9-11-27(25(30)16-23)42-26-10-6-20(15-24(26)21-12-14-34-36-17-21)19-4-7-22(8-5-19)29(31,32)33/h2-17H,18H2,1H3. The first kappa shape index (κ1) is 29.9. The third-order valence-corrected chi connectivity index (χ3v) is 8.21. The Morgan fingerprint density at radius 1 is 0.837 bits per heavy atom. The summed E-state index contributed by atoms with van der Waals surface area (Å²) in [7, 11) is -2.80. The number of anilines is 1. The number of hydrogen-bond donors (Lipinski definition) is 0. The molecule has 0 fully saturated rings. The van der Waals surface area contributed by atoms with Crippen molar-refractivity contribution in [3.8, 4) is 33.8 Å². The van der Waals surface area contributed by atoms with Gasteiger partial charge in [0.2, 0.25) is 0 Å². The van der Waals surface area contributed by atoms with Gasteiger partial charge in [0.15, 0.2) is 5.82 Å². The molecule has 0 amide bonds. The molecule has 5 aromatic rings. The molecule has 0 aliphatic heterocycles. The van der Waals surface area contributed by atoms with Gasteiger partial charge in [-0.2, -0.15) is 28.5 Å². The van der Waals surface area contributed by atoms with Gasteiger partial charge in [0, 0.05) is 24.4 Å². The van der Waals surface area contributed by atoms with E-state index in [1.54, 1.807) is 30.3 Å². The molecule has 0 radical (unpaired) electrons. The lowest BCUT2D eigenvalue weighted by atomic mass is 9.98. The maximum atomic E-state index is 13.4. The third kappa shape index (κ3) is 6.58. The molecule has 0 spiro atoms. The van der Waals surface area contributed by atoms with Gasteiger partial charge in [-0.05, 0) is 71.8 Å². The Balaban J connectivity index is 1.49. The predicted octanol–water partition coefficient (Wildman–Crippen LogP) is 6.86. The minimum atomic E-state index is -4.45. The van der Waals surface area contributed by atoms with Crippen LogP contribution in [0.15, 0.2) is 102 Å². The molecule has 0 unspecified atom stereocenters. The molecule has 5 rings (SSSR count). The normalized spacial score (nSPS) is 11.7. The van der Waals surface area contributed by atoms with Crippen molar-refractivity contribution in [2.75, 3.05) is 18.1 Å². The van der Waals surface area contributed by atoms with E-state index in [2.05, 4.69) is 20.4 Å². The number of benzene rings is 3. The second-order valence-electron chi connectivity index (χ2n) is 8.96. The predicted molar refractivity (Wildman–Crippen MR) is 153 cm³/mol. The van der Waals surface area contributed by atoms with E-state index < -0.39 is 21.8 Å². The van der Waals surface area contributed by atoms with Crippen molar-refractivity contribution in [2.24, 2.45) is 0 Å². The summed E-state index contributed by atoms with van der Waals surface area (Å²) in [4.78, 5) is -0.135. The molecule has 0 aliphatic rings. The number of methoxy groups -OCH3 is 1. The number of rotatable bonds is 9. The number of halogens is 4. The first-order valence-electron chi connectivity index (χ1n) is 12.4. The summed E-state index contributed by atoms with van der Waals surface area (Å²) in [6.45, 7) is -0.314. The highest BCUT2D eigenvalue weighted by Gasteiger charge is 2.30. The fraction of sp³-hybridized carbons (Fsp3) is 0.103. The Bertz CT molecular complexity index is 1830. The van der Waals surface area contributed by atoms with E-state index in [4.69, 9.17) is 21.1 Å². The van der Waals surface area contributed by atoms with E-state index in [1.807, 2.05) is 0 Å². The summed E-state index contributed by atoms with van der Waals surface area (Å²) < 4.78 is 78.2. The van der Waals surface area contributed by atoms with Crippen molar-refractivity contribution in [3.63, 3.8) is 0 Å². The molecule has 2 aromatic heterocycles. The number of hydrogen-bond acceptors (Lipinski definition) is 8. The largest absolute Gasteiger partial charge is 0.455 e. The molecule has 0 bridgehead atoms. The Kier molecular flexibility index (Phi) is 8.57. The molecule has 9 nitrogen and oxygen atoms in total. The summed E-state index contributed by atoms with van der Waals surface area (Å²) in [5.74, 6) is 0.551. The van der Waals surface area contributed by atoms with Gasteiger partial charge in [0.25, 0.3) is 10.0 Å². The molecule has 0 saturated heterocycles. The minimum absolute atomic E-state index is 0.00297. The zero-order valence-electron chi connectivity index (χ0n) is 22.2. The molecule has 0 N–H and O–H groups in total. The van der Waals surface area contributed by atoms with Crippen LogP contribution >= 0.6 is 11.6 Å². The van der Waals surface area contributed by atoms with Gasteiger partial charge in [-0.1, -0.05) is 29.8 Å². The van der Waals surface area contributed by atoms with Crippen molar-refractivity contribution in [2.45, 2.75) is 11.1 Å². The highest BCUT2D eigenvalue weighted by atomic mass is 35.5. The molecule has 14 heteroatoms. The van der Waals surface area contributed by atoms with Crippen molar-refractivity contribution in [1.29, 1.82) is 0 Å². The number of alkyl halides is 3. The van der Waals surface area contributed by atoms with Crippen LogP contribution in [-0.4, -0.2) is 42.7 Å². The zero-order chi connectivity index (χ0) is 30.6. The highest BCUT2D eigenvalue weighted by molar-refractivity contribution is 7.92. The number of aromatic nitrogens is 4. The van der Waals surface area contributed by atoms with Crippen molar-refractivity contribution in [3.05, 3.63) is 108 Å². The molecule has 0 saturated carbocycles. The zero-order valence-corrected chi connectivity index (χ0v) is 23.8. The van der Waals surface area contributed by atoms with Gasteiger partial charge in [-0.15, -0.1) is 5.10 Å². The maximum absolute atomic E-state index is 13.4. The lowest BCUT2D eigenvalue weighted by molar-refractivity contribution is -0.137. The van der Waals surface area contributed by atoms with Gasteiger partial charge in [0.05, 0.1) is 27.9 Å². The summed E-state index contributed by atoms with van der Waals surface area (Å²) in [5, 5.41) is 15.3. The first-order chi connectivity index (χ1) is 20.6. The van der Waals surface area contributed by atoms with Crippen LogP contribution in [0.3, 0.4) is 0 Å². The van der Waals surface area contributed by atoms with E-state index in [-0.39, 0.29) is 28.2 Å². The second kappa shape index (κ2) is 12.3. The highest BCUT2D eigenvalue weighted by Crippen LogP contribution is 2.40. The molecule has 43 heavy (non-hydrogen) atoms. The van der Waals surface area contributed by atoms with E-state index in [9.17, 15) is 21.6 Å². The molecule has 0 atom stereocenters. The molecule has 0 aliphatic carbocycles. The van der Waals surface area contributed by atoms with Crippen LogP contribution < -0.4 is 9.04 Å². The van der Waals surface area contributed by atoms with Crippen LogP contribution in [0.4, 0.5) is 19.0 Å². The lowest BCUT2D eigenvalue weighted by Gasteiger charge is -2.22. The van der Waals surface area contributed by atoms with Gasteiger partial charge >= 0.3 is 6.18 Å². The molecule has 2 heterocycles. The summed E-state index contributed by atoms with van der Waals surface area (Å²) >= 11 is 6.51. The van der Waals surface area contributed by atoms with E-state index >= 15 is 0 Å². The summed E-state index contributed by atoms with van der Waals surface area (Å²) in [5.41, 5.74) is 1.60. The Morgan fingerprint density at radius 2 is 1.58 bits per heavy atom. The second-order valence-corrected chi connectivity index (χ2v) is 11.2. The van der Waals surface area contributed by atoms with Gasteiger partial charge in [-0.3, -0.25) is 0 Å². The monoisotopic (exact) mass is 627 g/mol. The van der Waals surface area contributed by atoms with Gasteiger partial charge in [0.1, 0.15) is 18.2 Å². The van der Waals surface area contributed by atoms with Crippen LogP contribution in [0, 0.1) is 0 Å². The SMILES string of the molecule is COCN(c1cccnn1)S(=O)(=O)c1ccc(Oc2ccc(-c3ccc(C(F)(F)F)cc3)cc2-c2ccnnc2)c(Cl)c1. The van der Waals surface area contributed by atoms with E-state index in [0.717, 1.165) is 16.4 Å². The van der Waals surface area contributed by atoms with Crippen LogP contribution in [0.2, 0.25) is 5.02 Å². The topological polar surface area (TPSA) is 107 Å². The smallest absolute Gasteiger partial charge is 0.416 e. The number of nitrogens with zero attached hydrogens (tertiary/aromatic N) is 5. The summed E-state index contributed by atoms with van der Waals surface area (Å²) in [6, 6.07) is 18.6. The molecule has 220 valence electrons. The summed E-state index contributed by atoms with van der Waals surface area (Å²) in [6.07, 6.45) is -0.0430. The third-order valence-electron chi connectivity index (χ3n) is 6.19. The first-order valence-corrected chi connectivity index (χ1v) is 14.3. The average Bonchev–Trinajstić information content (AvgIpc) is 3.01. The molecular formula is C29H21ClF3N5O4S. The fourth-order valence-corrected chi connectivity index (χ4v) is 5.73. The Hall–Kier alpha value is -4.59. The van der Waals surface area contributed by atoms with Crippen molar-refractivity contribution in [1.82, 2.24) is 20.4 Å². The van der Waals surface area contributed by atoms with Crippen LogP contribution in [0.5, 0.6) is 11.5 Å². The van der Waals surface area contributed by atoms with Crippen molar-refractivity contribution >= 4 is 27.4 Å². The van der Waals surface area contributed by atoms with Crippen molar-refractivity contribution < 1.29 is 31.1 Å². The lowest BCUT2D eigenvalue weighted by Crippen LogP contribution is -2.33. The number of ether oxygens (including phenoxy) is 2. The van der Waals surface area contributed by atoms with Gasteiger partial charge < -0.3 is 9.47 Å². The maximum Gasteiger partial charge on any atom is 0.416 e. The Labute approximate surface area is 249 Å². The molecule has 3 aromatic carbocycles. The number of sulfonamides is 1. The van der Waals surface area contributed by atoms with Crippen LogP contribution in [0.1, 0.15) is 5.56 Å². The van der Waals surface area contributed by atoms with Crippen LogP contribution in [0.25, 0.3) is 22.3 Å². The molecular weight excluding hydrogens is 607 g/mol. The minimum Gasteiger partial charge on any atom is -0.455 e. The van der Waals surface area contributed by atoms with Gasteiger partial charge in [-0.25, -0.2) is 12.7 Å². The van der Waals surface area contributed by atoms with E-state index in [0.29, 0.717) is 28.0 Å².